The molecule has 0 bridgehead atoms. The van der Waals surface area contributed by atoms with Crippen molar-refractivity contribution in [3.63, 3.8) is 0 Å². The van der Waals surface area contributed by atoms with Gasteiger partial charge in [-0.1, -0.05) is 5.16 Å². The number of hydrogen-bond acceptors (Lipinski definition) is 4. The molecule has 0 aliphatic carbocycles. The highest BCUT2D eigenvalue weighted by molar-refractivity contribution is 5.02. The maximum atomic E-state index is 5.56. The molecule has 1 rings (SSSR count). The van der Waals surface area contributed by atoms with Crippen LogP contribution in [0.25, 0.3) is 0 Å². The Morgan fingerprint density at radius 2 is 2.50 bits per heavy atom. The van der Waals surface area contributed by atoms with Crippen LogP contribution >= 0.6 is 0 Å². The van der Waals surface area contributed by atoms with E-state index in [-0.39, 0.29) is 6.04 Å². The number of nitrogens with zero attached hydrogens (tertiary/aromatic N) is 1. The number of aromatic nitrogens is 1. The van der Waals surface area contributed by atoms with Crippen molar-refractivity contribution in [2.24, 2.45) is 5.73 Å². The molecule has 4 nitrogen and oxygen atoms in total. The molecule has 4 heteroatoms. The van der Waals surface area contributed by atoms with Crippen LogP contribution in [0.4, 0.5) is 0 Å². The Morgan fingerprint density at radius 3 is 3.00 bits per heavy atom. The van der Waals surface area contributed by atoms with E-state index in [1.807, 2.05) is 19.9 Å². The van der Waals surface area contributed by atoms with Gasteiger partial charge in [0, 0.05) is 25.2 Å². The summed E-state index contributed by atoms with van der Waals surface area (Å²) in [4.78, 5) is 0. The molecule has 0 aliphatic heterocycles. The largest absolute Gasteiger partial charge is 0.361 e. The fraction of sp³-hybridized carbons (Fsp3) is 0.625. The molecule has 1 aromatic rings. The summed E-state index contributed by atoms with van der Waals surface area (Å²) in [5, 5.41) is 7.00. The zero-order valence-electron chi connectivity index (χ0n) is 7.50. The molecule has 0 saturated carbocycles. The third kappa shape index (κ3) is 3.02. The Kier molecular flexibility index (Phi) is 3.25. The van der Waals surface area contributed by atoms with Crippen LogP contribution in [0.3, 0.4) is 0 Å². The average Bonchev–Trinajstić information content (AvgIpc) is 2.35. The van der Waals surface area contributed by atoms with Gasteiger partial charge in [-0.2, -0.15) is 0 Å². The van der Waals surface area contributed by atoms with E-state index in [2.05, 4.69) is 10.5 Å². The minimum absolute atomic E-state index is 0.179. The van der Waals surface area contributed by atoms with Crippen molar-refractivity contribution < 1.29 is 4.52 Å². The second-order valence-corrected chi connectivity index (χ2v) is 3.04. The van der Waals surface area contributed by atoms with Gasteiger partial charge in [0.2, 0.25) is 0 Å². The van der Waals surface area contributed by atoms with Gasteiger partial charge < -0.3 is 15.6 Å². The van der Waals surface area contributed by atoms with Gasteiger partial charge in [0.1, 0.15) is 5.76 Å². The summed E-state index contributed by atoms with van der Waals surface area (Å²) in [6.45, 7) is 5.36. The minimum atomic E-state index is 0.179. The number of rotatable bonds is 4. The summed E-state index contributed by atoms with van der Waals surface area (Å²) >= 11 is 0. The average molecular weight is 169 g/mol. The highest BCUT2D eigenvalue weighted by Crippen LogP contribution is 2.00. The molecular weight excluding hydrogens is 154 g/mol. The van der Waals surface area contributed by atoms with Crippen molar-refractivity contribution in [3.05, 3.63) is 17.5 Å². The number of hydrogen-bond donors (Lipinski definition) is 2. The van der Waals surface area contributed by atoms with E-state index >= 15 is 0 Å². The van der Waals surface area contributed by atoms with E-state index in [9.17, 15) is 0 Å². The quantitative estimate of drug-likeness (QED) is 0.685. The molecule has 0 aromatic carbocycles. The molecule has 1 aromatic heterocycles. The van der Waals surface area contributed by atoms with E-state index in [0.29, 0.717) is 0 Å². The summed E-state index contributed by atoms with van der Waals surface area (Å²) in [5.74, 6) is 0.840. The molecule has 1 unspecified atom stereocenters. The molecule has 3 N–H and O–H groups in total. The fourth-order valence-electron chi connectivity index (χ4n) is 0.929. The zero-order valence-corrected chi connectivity index (χ0v) is 7.50. The minimum Gasteiger partial charge on any atom is -0.361 e. The highest BCUT2D eigenvalue weighted by atomic mass is 16.5. The maximum Gasteiger partial charge on any atom is 0.133 e. The normalized spacial score (nSPS) is 13.2. The van der Waals surface area contributed by atoms with Gasteiger partial charge in [0.25, 0.3) is 0 Å². The Balaban J connectivity index is 2.24. The first kappa shape index (κ1) is 9.22. The number of nitrogens with two attached hydrogens (primary N) is 1. The summed E-state index contributed by atoms with van der Waals surface area (Å²) in [6, 6.07) is 2.09. The van der Waals surface area contributed by atoms with Crippen molar-refractivity contribution >= 4 is 0 Å². The molecular formula is C8H15N3O. The van der Waals surface area contributed by atoms with Crippen LogP contribution in [0.5, 0.6) is 0 Å². The zero-order chi connectivity index (χ0) is 8.97. The van der Waals surface area contributed by atoms with Crippen molar-refractivity contribution in [1.29, 1.82) is 0 Å². The van der Waals surface area contributed by atoms with E-state index in [1.54, 1.807) is 0 Å². The van der Waals surface area contributed by atoms with Crippen LogP contribution in [-0.2, 0) is 6.54 Å². The Labute approximate surface area is 72.1 Å². The van der Waals surface area contributed by atoms with Crippen molar-refractivity contribution in [3.8, 4) is 0 Å². The standard InChI is InChI=1S/C8H15N3O/c1-6(9)4-10-5-8-3-7(2)12-11-8/h3,6,10H,4-5,9H2,1-2H3. The van der Waals surface area contributed by atoms with Gasteiger partial charge in [-0.15, -0.1) is 0 Å². The second-order valence-electron chi connectivity index (χ2n) is 3.04. The highest BCUT2D eigenvalue weighted by Gasteiger charge is 1.99. The molecule has 0 fully saturated rings. The maximum absolute atomic E-state index is 5.56. The first-order valence-corrected chi connectivity index (χ1v) is 4.07. The van der Waals surface area contributed by atoms with Gasteiger partial charge in [0.05, 0.1) is 5.69 Å². The van der Waals surface area contributed by atoms with E-state index < -0.39 is 0 Å². The molecule has 1 heterocycles. The topological polar surface area (TPSA) is 64.1 Å². The smallest absolute Gasteiger partial charge is 0.133 e. The van der Waals surface area contributed by atoms with Gasteiger partial charge in [-0.3, -0.25) is 0 Å². The number of aryl methyl sites for hydroxylation is 1. The Morgan fingerprint density at radius 1 is 1.75 bits per heavy atom. The predicted molar refractivity (Wildman–Crippen MR) is 46.6 cm³/mol. The molecule has 1 atom stereocenters. The van der Waals surface area contributed by atoms with Crippen molar-refractivity contribution in [2.75, 3.05) is 6.54 Å². The monoisotopic (exact) mass is 169 g/mol. The first-order valence-electron chi connectivity index (χ1n) is 4.07. The van der Waals surface area contributed by atoms with E-state index in [4.69, 9.17) is 10.3 Å². The Hall–Kier alpha value is -0.870. The Bertz CT molecular complexity index is 232. The molecule has 0 saturated heterocycles. The van der Waals surface area contributed by atoms with Gasteiger partial charge in [-0.05, 0) is 13.8 Å². The van der Waals surface area contributed by atoms with Crippen LogP contribution in [0.2, 0.25) is 0 Å². The lowest BCUT2D eigenvalue weighted by atomic mass is 10.3. The van der Waals surface area contributed by atoms with Crippen LogP contribution in [0.15, 0.2) is 10.6 Å². The fourth-order valence-corrected chi connectivity index (χ4v) is 0.929. The predicted octanol–water partition coefficient (Wildman–Crippen LogP) is 0.420. The molecule has 0 aliphatic rings. The van der Waals surface area contributed by atoms with E-state index in [1.165, 1.54) is 0 Å². The molecule has 0 amide bonds. The van der Waals surface area contributed by atoms with Crippen molar-refractivity contribution in [2.45, 2.75) is 26.4 Å². The summed E-state index contributed by atoms with van der Waals surface area (Å²) in [6.07, 6.45) is 0. The van der Waals surface area contributed by atoms with Gasteiger partial charge >= 0.3 is 0 Å². The first-order chi connectivity index (χ1) is 5.68. The number of nitrogens with one attached hydrogen (secondary N) is 1. The molecule has 12 heavy (non-hydrogen) atoms. The van der Waals surface area contributed by atoms with Crippen LogP contribution in [-0.4, -0.2) is 17.7 Å². The van der Waals surface area contributed by atoms with Crippen LogP contribution in [0.1, 0.15) is 18.4 Å². The lowest BCUT2D eigenvalue weighted by Gasteiger charge is -2.04. The van der Waals surface area contributed by atoms with Gasteiger partial charge in [-0.25, -0.2) is 0 Å². The second kappa shape index (κ2) is 4.23. The lowest BCUT2D eigenvalue weighted by Crippen LogP contribution is -2.30. The van der Waals surface area contributed by atoms with Crippen LogP contribution in [0, 0.1) is 6.92 Å². The molecule has 0 spiro atoms. The van der Waals surface area contributed by atoms with Crippen molar-refractivity contribution in [1.82, 2.24) is 10.5 Å². The van der Waals surface area contributed by atoms with Gasteiger partial charge in [0.15, 0.2) is 0 Å². The molecule has 0 radical (unpaired) electrons. The third-order valence-corrected chi connectivity index (χ3v) is 1.45. The van der Waals surface area contributed by atoms with E-state index in [0.717, 1.165) is 24.5 Å². The summed E-state index contributed by atoms with van der Waals surface area (Å²) in [7, 11) is 0. The summed E-state index contributed by atoms with van der Waals surface area (Å²) in [5.41, 5.74) is 6.48. The lowest BCUT2D eigenvalue weighted by molar-refractivity contribution is 0.388. The molecule has 68 valence electrons. The summed E-state index contributed by atoms with van der Waals surface area (Å²) < 4.78 is 4.90. The third-order valence-electron chi connectivity index (χ3n) is 1.45. The van der Waals surface area contributed by atoms with Crippen LogP contribution < -0.4 is 11.1 Å². The SMILES string of the molecule is Cc1cc(CNCC(C)N)no1.